The second kappa shape index (κ2) is 10.0. The van der Waals surface area contributed by atoms with Crippen molar-refractivity contribution >= 4 is 24.2 Å². The van der Waals surface area contributed by atoms with Crippen LogP contribution in [0.15, 0.2) is 35.6 Å². The molecule has 0 saturated heterocycles. The molecule has 92 valence electrons. The lowest BCUT2D eigenvalue weighted by molar-refractivity contribution is 0.261. The van der Waals surface area contributed by atoms with E-state index in [-0.39, 0.29) is 0 Å². The Morgan fingerprint density at radius 1 is 1.50 bits per heavy atom. The average Bonchev–Trinajstić information content (AvgIpc) is 2.26. The van der Waals surface area contributed by atoms with Crippen LogP contribution in [0, 0.1) is 0 Å². The van der Waals surface area contributed by atoms with E-state index in [1.165, 1.54) is 0 Å². The molecule has 0 aromatic rings. The van der Waals surface area contributed by atoms with Crippen LogP contribution in [0.5, 0.6) is 0 Å². The van der Waals surface area contributed by atoms with Crippen LogP contribution >= 0.6 is 24.2 Å². The quantitative estimate of drug-likeness (QED) is 0.398. The molecule has 3 nitrogen and oxygen atoms in total. The van der Waals surface area contributed by atoms with Crippen molar-refractivity contribution < 1.29 is 9.26 Å². The lowest BCUT2D eigenvalue weighted by Gasteiger charge is -2.17. The summed E-state index contributed by atoms with van der Waals surface area (Å²) in [7, 11) is -0.726. The summed E-state index contributed by atoms with van der Waals surface area (Å²) < 4.78 is 11.8. The van der Waals surface area contributed by atoms with Crippen molar-refractivity contribution in [3.8, 4) is 0 Å². The maximum Gasteiger partial charge on any atom is 0.146 e. The molecule has 0 fully saturated rings. The van der Waals surface area contributed by atoms with Gasteiger partial charge in [0.1, 0.15) is 20.4 Å². The summed E-state index contributed by atoms with van der Waals surface area (Å²) in [5, 5.41) is 3.23. The molecule has 0 aliphatic heterocycles. The van der Waals surface area contributed by atoms with Gasteiger partial charge in [0, 0.05) is 11.1 Å². The summed E-state index contributed by atoms with van der Waals surface area (Å²) in [5.74, 6) is 0.594. The zero-order chi connectivity index (χ0) is 12.4. The zero-order valence-corrected chi connectivity index (χ0v) is 12.3. The minimum absolute atomic E-state index is 0.504. The van der Waals surface area contributed by atoms with E-state index in [1.54, 1.807) is 12.2 Å². The fraction of sp³-hybridized carbons (Fsp3) is 0.455. The van der Waals surface area contributed by atoms with Crippen molar-refractivity contribution in [1.29, 1.82) is 0 Å². The highest BCUT2D eigenvalue weighted by Crippen LogP contribution is 2.32. The van der Waals surface area contributed by atoms with Gasteiger partial charge in [-0.05, 0) is 19.5 Å². The van der Waals surface area contributed by atoms with Crippen LogP contribution in [0.3, 0.4) is 0 Å². The van der Waals surface area contributed by atoms with Gasteiger partial charge in [0.25, 0.3) is 0 Å². The third-order valence-corrected chi connectivity index (χ3v) is 3.64. The maximum atomic E-state index is 5.50. The molecule has 0 aliphatic rings. The molecule has 0 aromatic carbocycles. The molecule has 0 heterocycles. The Morgan fingerprint density at radius 2 is 2.19 bits per heavy atom. The van der Waals surface area contributed by atoms with Crippen molar-refractivity contribution in [2.75, 3.05) is 19.5 Å². The molecule has 1 atom stereocenters. The molecular formula is C11H19BrNO2P. The number of allylic oxidation sites excluding steroid dienone is 3. The predicted molar refractivity (Wildman–Crippen MR) is 74.5 cm³/mol. The summed E-state index contributed by atoms with van der Waals surface area (Å²) in [6, 6.07) is 0. The van der Waals surface area contributed by atoms with Gasteiger partial charge in [0.2, 0.25) is 0 Å². The molecule has 0 aromatic heterocycles. The SMILES string of the molecule is C=C/C(Br)=C\C(=C)OCP(NCC)OCC. The van der Waals surface area contributed by atoms with Crippen LogP contribution in [0.25, 0.3) is 0 Å². The van der Waals surface area contributed by atoms with Crippen molar-refractivity contribution in [1.82, 2.24) is 5.09 Å². The zero-order valence-electron chi connectivity index (χ0n) is 9.83. The summed E-state index contributed by atoms with van der Waals surface area (Å²) >= 11 is 3.31. The summed E-state index contributed by atoms with van der Waals surface area (Å²) in [4.78, 5) is 0. The summed E-state index contributed by atoms with van der Waals surface area (Å²) in [5.41, 5.74) is 0. The summed E-state index contributed by atoms with van der Waals surface area (Å²) in [6.45, 7) is 13.0. The van der Waals surface area contributed by atoms with Crippen LogP contribution in [-0.4, -0.2) is 19.5 Å². The van der Waals surface area contributed by atoms with E-state index in [2.05, 4.69) is 34.2 Å². The first kappa shape index (κ1) is 15.9. The Morgan fingerprint density at radius 3 is 2.69 bits per heavy atom. The Bertz CT molecular complexity index is 250. The lowest BCUT2D eigenvalue weighted by atomic mass is 10.4. The fourth-order valence-corrected chi connectivity index (χ4v) is 2.32. The maximum absolute atomic E-state index is 5.50. The number of hydrogen-bond acceptors (Lipinski definition) is 3. The largest absolute Gasteiger partial charge is 0.486 e. The van der Waals surface area contributed by atoms with Crippen LogP contribution in [-0.2, 0) is 9.26 Å². The van der Waals surface area contributed by atoms with Gasteiger partial charge in [0.15, 0.2) is 0 Å². The van der Waals surface area contributed by atoms with Gasteiger partial charge in [-0.15, -0.1) is 0 Å². The normalized spacial score (nSPS) is 13.3. The smallest absolute Gasteiger partial charge is 0.146 e. The van der Waals surface area contributed by atoms with E-state index >= 15 is 0 Å². The fourth-order valence-electron chi connectivity index (χ4n) is 0.857. The van der Waals surface area contributed by atoms with E-state index in [0.717, 1.165) is 11.0 Å². The first-order valence-electron chi connectivity index (χ1n) is 5.09. The van der Waals surface area contributed by atoms with E-state index in [1.807, 2.05) is 13.8 Å². The highest BCUT2D eigenvalue weighted by atomic mass is 79.9. The molecule has 0 rings (SSSR count). The Balaban J connectivity index is 3.99. The van der Waals surface area contributed by atoms with Gasteiger partial charge in [-0.1, -0.05) is 42.1 Å². The topological polar surface area (TPSA) is 30.5 Å². The summed E-state index contributed by atoms with van der Waals surface area (Å²) in [6.07, 6.45) is 3.96. The molecule has 1 N–H and O–H groups in total. The van der Waals surface area contributed by atoms with Crippen LogP contribution < -0.4 is 5.09 Å². The molecule has 0 saturated carbocycles. The van der Waals surface area contributed by atoms with Gasteiger partial charge >= 0.3 is 0 Å². The third-order valence-electron chi connectivity index (χ3n) is 1.48. The second-order valence-corrected chi connectivity index (χ2v) is 5.29. The molecule has 5 heteroatoms. The Labute approximate surface area is 108 Å². The third kappa shape index (κ3) is 8.05. The standard InChI is InChI=1S/C11H19BrNO2P/c1-5-11(12)8-10(4)14-9-16(13-6-2)15-7-3/h5,8,13H,1,4,6-7,9H2,2-3H3/b11-8+. The monoisotopic (exact) mass is 307 g/mol. The van der Waals surface area contributed by atoms with Gasteiger partial charge < -0.3 is 9.26 Å². The minimum Gasteiger partial charge on any atom is -0.486 e. The number of hydrogen-bond donors (Lipinski definition) is 1. The van der Waals surface area contributed by atoms with Crippen molar-refractivity contribution in [3.63, 3.8) is 0 Å². The minimum atomic E-state index is -0.726. The van der Waals surface area contributed by atoms with E-state index in [4.69, 9.17) is 9.26 Å². The number of halogens is 1. The molecule has 0 amide bonds. The van der Waals surface area contributed by atoms with Crippen molar-refractivity contribution in [2.24, 2.45) is 0 Å². The molecule has 0 spiro atoms. The first-order valence-corrected chi connectivity index (χ1v) is 7.33. The average molecular weight is 308 g/mol. The van der Waals surface area contributed by atoms with E-state index in [9.17, 15) is 0 Å². The van der Waals surface area contributed by atoms with E-state index in [0.29, 0.717) is 18.7 Å². The number of ether oxygens (including phenoxy) is 1. The molecular weight excluding hydrogens is 289 g/mol. The highest BCUT2D eigenvalue weighted by molar-refractivity contribution is 9.11. The number of nitrogens with one attached hydrogen (secondary N) is 1. The van der Waals surface area contributed by atoms with Gasteiger partial charge in [-0.3, -0.25) is 5.09 Å². The van der Waals surface area contributed by atoms with Crippen LogP contribution in [0.1, 0.15) is 13.8 Å². The molecule has 0 radical (unpaired) electrons. The Hall–Kier alpha value is -0.150. The van der Waals surface area contributed by atoms with Gasteiger partial charge in [-0.2, -0.15) is 0 Å². The van der Waals surface area contributed by atoms with E-state index < -0.39 is 8.30 Å². The molecule has 0 bridgehead atoms. The van der Waals surface area contributed by atoms with Gasteiger partial charge in [-0.25, -0.2) is 0 Å². The van der Waals surface area contributed by atoms with Crippen molar-refractivity contribution in [2.45, 2.75) is 13.8 Å². The number of rotatable bonds is 9. The predicted octanol–water partition coefficient (Wildman–Crippen LogP) is 3.90. The Kier molecular flexibility index (Phi) is 9.94. The lowest BCUT2D eigenvalue weighted by Crippen LogP contribution is -2.11. The van der Waals surface area contributed by atoms with Crippen molar-refractivity contribution in [3.05, 3.63) is 35.6 Å². The molecule has 0 aliphatic carbocycles. The highest BCUT2D eigenvalue weighted by Gasteiger charge is 2.07. The van der Waals surface area contributed by atoms with Crippen LogP contribution in [0.4, 0.5) is 0 Å². The van der Waals surface area contributed by atoms with Gasteiger partial charge in [0.05, 0.1) is 0 Å². The first-order chi connectivity index (χ1) is 7.63. The van der Waals surface area contributed by atoms with Crippen LogP contribution in [0.2, 0.25) is 0 Å². The second-order valence-electron chi connectivity index (χ2n) is 2.78. The molecule has 1 unspecified atom stereocenters. The molecule has 16 heavy (non-hydrogen) atoms.